The number of rotatable bonds is 4. The number of halogens is 1. The molecule has 1 atom stereocenters. The van der Waals surface area contributed by atoms with Crippen LogP contribution in [-0.4, -0.2) is 10.1 Å². The summed E-state index contributed by atoms with van der Waals surface area (Å²) in [6.45, 7) is 0. The second kappa shape index (κ2) is 5.67. The van der Waals surface area contributed by atoms with Crippen molar-refractivity contribution in [1.29, 1.82) is 0 Å². The number of nitrogens with zero attached hydrogens (tertiary/aromatic N) is 2. The van der Waals surface area contributed by atoms with Crippen LogP contribution in [0.2, 0.25) is 5.02 Å². The van der Waals surface area contributed by atoms with Crippen LogP contribution >= 0.6 is 11.6 Å². The lowest BCUT2D eigenvalue weighted by Gasteiger charge is -1.99. The van der Waals surface area contributed by atoms with Crippen molar-refractivity contribution < 1.29 is 4.52 Å². The predicted octanol–water partition coefficient (Wildman–Crippen LogP) is 2.34. The first-order valence-electron chi connectivity index (χ1n) is 5.45. The summed E-state index contributed by atoms with van der Waals surface area (Å²) in [6, 6.07) is 7.09. The van der Waals surface area contributed by atoms with Crippen LogP contribution in [0.1, 0.15) is 29.7 Å². The molecule has 5 heteroatoms. The third-order valence-corrected chi connectivity index (χ3v) is 2.63. The van der Waals surface area contributed by atoms with Gasteiger partial charge >= 0.3 is 0 Å². The molecule has 1 aromatic carbocycles. The van der Waals surface area contributed by atoms with E-state index in [0.29, 0.717) is 29.6 Å². The van der Waals surface area contributed by atoms with Gasteiger partial charge in [-0.1, -0.05) is 28.9 Å². The molecule has 0 saturated heterocycles. The molecule has 0 saturated carbocycles. The topological polar surface area (TPSA) is 64.9 Å². The van der Waals surface area contributed by atoms with Gasteiger partial charge in [0.1, 0.15) is 0 Å². The first kappa shape index (κ1) is 12.6. The smallest absolute Gasteiger partial charge is 0.244 e. The molecule has 0 spiro atoms. The van der Waals surface area contributed by atoms with Crippen molar-refractivity contribution in [2.45, 2.75) is 18.9 Å². The first-order chi connectivity index (χ1) is 8.69. The van der Waals surface area contributed by atoms with Crippen LogP contribution in [0.5, 0.6) is 0 Å². The van der Waals surface area contributed by atoms with Crippen LogP contribution < -0.4 is 5.73 Å². The van der Waals surface area contributed by atoms with Crippen molar-refractivity contribution in [3.63, 3.8) is 0 Å². The minimum absolute atomic E-state index is 0.366. The van der Waals surface area contributed by atoms with Crippen molar-refractivity contribution in [2.24, 2.45) is 5.73 Å². The molecule has 1 aromatic heterocycles. The van der Waals surface area contributed by atoms with E-state index >= 15 is 0 Å². The van der Waals surface area contributed by atoms with Crippen LogP contribution in [0, 0.1) is 12.3 Å². The molecular weight excluding hydrogens is 250 g/mol. The molecule has 1 heterocycles. The number of nitrogens with two attached hydrogens (primary N) is 1. The van der Waals surface area contributed by atoms with Gasteiger partial charge in [-0.15, -0.1) is 12.3 Å². The second-order valence-corrected chi connectivity index (χ2v) is 4.31. The molecule has 0 aliphatic heterocycles. The molecule has 4 nitrogen and oxygen atoms in total. The van der Waals surface area contributed by atoms with Crippen molar-refractivity contribution >= 4 is 11.6 Å². The summed E-state index contributed by atoms with van der Waals surface area (Å²) in [4.78, 5) is 4.21. The lowest BCUT2D eigenvalue weighted by Crippen LogP contribution is -2.09. The summed E-state index contributed by atoms with van der Waals surface area (Å²) in [7, 11) is 0. The van der Waals surface area contributed by atoms with E-state index in [-0.39, 0.29) is 0 Å². The summed E-state index contributed by atoms with van der Waals surface area (Å²) < 4.78 is 5.07. The number of hydrogen-bond acceptors (Lipinski definition) is 4. The van der Waals surface area contributed by atoms with E-state index in [1.165, 1.54) is 0 Å². The van der Waals surface area contributed by atoms with E-state index in [2.05, 4.69) is 16.1 Å². The lowest BCUT2D eigenvalue weighted by molar-refractivity contribution is 0.353. The summed E-state index contributed by atoms with van der Waals surface area (Å²) in [5.41, 5.74) is 6.79. The standard InChI is InChI=1S/C13H12ClN3O/c1-2-4-11(15)13-16-12(17-18-13)8-9-5-3-6-10(14)7-9/h1,3,5-7,11H,4,8,15H2. The molecule has 2 aromatic rings. The molecule has 2 rings (SSSR count). The fourth-order valence-electron chi connectivity index (χ4n) is 1.53. The Hall–Kier alpha value is -1.83. The van der Waals surface area contributed by atoms with Gasteiger partial charge in [-0.3, -0.25) is 0 Å². The molecule has 0 aliphatic rings. The van der Waals surface area contributed by atoms with E-state index in [9.17, 15) is 0 Å². The summed E-state index contributed by atoms with van der Waals surface area (Å²) >= 11 is 5.90. The fourth-order valence-corrected chi connectivity index (χ4v) is 1.75. The van der Waals surface area contributed by atoms with Crippen LogP contribution in [0.4, 0.5) is 0 Å². The number of terminal acetylenes is 1. The Morgan fingerprint density at radius 3 is 3.06 bits per heavy atom. The van der Waals surface area contributed by atoms with Gasteiger partial charge in [0.15, 0.2) is 5.82 Å². The molecule has 0 amide bonds. The zero-order valence-electron chi connectivity index (χ0n) is 9.64. The highest BCUT2D eigenvalue weighted by Crippen LogP contribution is 2.15. The van der Waals surface area contributed by atoms with Gasteiger partial charge in [0.05, 0.1) is 6.04 Å². The normalized spacial score (nSPS) is 12.1. The maximum Gasteiger partial charge on any atom is 0.244 e. The minimum Gasteiger partial charge on any atom is -0.338 e. The summed E-state index contributed by atoms with van der Waals surface area (Å²) in [6.07, 6.45) is 6.10. The van der Waals surface area contributed by atoms with Gasteiger partial charge < -0.3 is 10.3 Å². The van der Waals surface area contributed by atoms with Crippen LogP contribution in [-0.2, 0) is 6.42 Å². The highest BCUT2D eigenvalue weighted by atomic mass is 35.5. The Kier molecular flexibility index (Phi) is 3.98. The van der Waals surface area contributed by atoms with E-state index in [1.54, 1.807) is 0 Å². The van der Waals surface area contributed by atoms with E-state index in [1.807, 2.05) is 24.3 Å². The Bertz CT molecular complexity index is 574. The Morgan fingerprint density at radius 1 is 1.50 bits per heavy atom. The van der Waals surface area contributed by atoms with Gasteiger partial charge in [-0.2, -0.15) is 4.98 Å². The van der Waals surface area contributed by atoms with Crippen molar-refractivity contribution in [1.82, 2.24) is 10.1 Å². The van der Waals surface area contributed by atoms with Gasteiger partial charge in [-0.05, 0) is 17.7 Å². The van der Waals surface area contributed by atoms with Crippen molar-refractivity contribution in [3.05, 3.63) is 46.6 Å². The molecule has 1 unspecified atom stereocenters. The number of benzene rings is 1. The molecule has 0 aliphatic carbocycles. The third-order valence-electron chi connectivity index (χ3n) is 2.39. The third kappa shape index (κ3) is 3.10. The molecule has 0 radical (unpaired) electrons. The molecule has 92 valence electrons. The maximum absolute atomic E-state index is 5.90. The lowest BCUT2D eigenvalue weighted by atomic mass is 10.1. The Labute approximate surface area is 110 Å². The molecular formula is C13H12ClN3O. The molecule has 2 N–H and O–H groups in total. The summed E-state index contributed by atoms with van der Waals surface area (Å²) in [5, 5.41) is 4.55. The number of aromatic nitrogens is 2. The van der Waals surface area contributed by atoms with E-state index < -0.39 is 6.04 Å². The Balaban J connectivity index is 2.09. The molecule has 18 heavy (non-hydrogen) atoms. The van der Waals surface area contributed by atoms with Crippen LogP contribution in [0.3, 0.4) is 0 Å². The zero-order chi connectivity index (χ0) is 13.0. The monoisotopic (exact) mass is 261 g/mol. The van der Waals surface area contributed by atoms with E-state index in [0.717, 1.165) is 5.56 Å². The SMILES string of the molecule is C#CCC(N)c1nc(Cc2cccc(Cl)c2)no1. The fraction of sp³-hybridized carbons (Fsp3) is 0.231. The van der Waals surface area contributed by atoms with Gasteiger partial charge in [0, 0.05) is 17.9 Å². The van der Waals surface area contributed by atoms with E-state index in [4.69, 9.17) is 28.3 Å². The summed E-state index contributed by atoms with van der Waals surface area (Å²) in [5.74, 6) is 3.40. The average molecular weight is 262 g/mol. The Morgan fingerprint density at radius 2 is 2.33 bits per heavy atom. The van der Waals surface area contributed by atoms with Crippen molar-refractivity contribution in [2.75, 3.05) is 0 Å². The van der Waals surface area contributed by atoms with Crippen LogP contribution in [0.15, 0.2) is 28.8 Å². The molecule has 0 bridgehead atoms. The van der Waals surface area contributed by atoms with Gasteiger partial charge in [-0.25, -0.2) is 0 Å². The number of hydrogen-bond donors (Lipinski definition) is 1. The average Bonchev–Trinajstić information content (AvgIpc) is 2.78. The first-order valence-corrected chi connectivity index (χ1v) is 5.83. The molecule has 0 fully saturated rings. The van der Waals surface area contributed by atoms with Crippen molar-refractivity contribution in [3.8, 4) is 12.3 Å². The predicted molar refractivity (Wildman–Crippen MR) is 68.9 cm³/mol. The largest absolute Gasteiger partial charge is 0.338 e. The maximum atomic E-state index is 5.90. The quantitative estimate of drug-likeness (QED) is 0.858. The second-order valence-electron chi connectivity index (χ2n) is 3.87. The minimum atomic E-state index is -0.407. The van der Waals surface area contributed by atoms with Crippen LogP contribution in [0.25, 0.3) is 0 Å². The van der Waals surface area contributed by atoms with Gasteiger partial charge in [0.2, 0.25) is 5.89 Å². The zero-order valence-corrected chi connectivity index (χ0v) is 10.4. The highest BCUT2D eigenvalue weighted by Gasteiger charge is 2.13. The highest BCUT2D eigenvalue weighted by molar-refractivity contribution is 6.30. The van der Waals surface area contributed by atoms with Gasteiger partial charge in [0.25, 0.3) is 0 Å².